The molecule has 0 aliphatic carbocycles. The maximum absolute atomic E-state index is 12.1. The van der Waals surface area contributed by atoms with E-state index in [4.69, 9.17) is 4.74 Å². The molecule has 0 saturated carbocycles. The Morgan fingerprint density at radius 1 is 1.25 bits per heavy atom. The SMILES string of the molecule is CCOCCCNC(=O)/C(C#N)=C\Nc1c(CC)cccc1CC. The van der Waals surface area contributed by atoms with E-state index in [-0.39, 0.29) is 11.5 Å². The number of ether oxygens (including phenoxy) is 1. The van der Waals surface area contributed by atoms with Crippen molar-refractivity contribution >= 4 is 11.6 Å². The van der Waals surface area contributed by atoms with Gasteiger partial charge in [0, 0.05) is 31.6 Å². The number of carbonyl (C=O) groups excluding carboxylic acids is 1. The molecule has 5 heteroatoms. The van der Waals surface area contributed by atoms with E-state index in [2.05, 4.69) is 36.6 Å². The van der Waals surface area contributed by atoms with Gasteiger partial charge in [0.25, 0.3) is 5.91 Å². The van der Waals surface area contributed by atoms with Crippen molar-refractivity contribution in [1.82, 2.24) is 5.32 Å². The van der Waals surface area contributed by atoms with Crippen LogP contribution in [0.5, 0.6) is 0 Å². The van der Waals surface area contributed by atoms with Crippen molar-refractivity contribution in [1.29, 1.82) is 5.26 Å². The van der Waals surface area contributed by atoms with Gasteiger partial charge in [-0.3, -0.25) is 4.79 Å². The van der Waals surface area contributed by atoms with Crippen LogP contribution in [0.1, 0.15) is 38.3 Å². The van der Waals surface area contributed by atoms with Crippen LogP contribution in [0.15, 0.2) is 30.0 Å². The van der Waals surface area contributed by atoms with Gasteiger partial charge in [0.2, 0.25) is 0 Å². The molecule has 0 spiro atoms. The molecule has 0 saturated heterocycles. The second-order valence-electron chi connectivity index (χ2n) is 5.28. The van der Waals surface area contributed by atoms with Gasteiger partial charge in [-0.2, -0.15) is 5.26 Å². The quantitative estimate of drug-likeness (QED) is 0.393. The van der Waals surface area contributed by atoms with Crippen molar-refractivity contribution in [3.8, 4) is 6.07 Å². The number of nitrogens with one attached hydrogen (secondary N) is 2. The van der Waals surface area contributed by atoms with E-state index >= 15 is 0 Å². The van der Waals surface area contributed by atoms with Crippen molar-refractivity contribution in [2.75, 3.05) is 25.1 Å². The Kier molecular flexibility index (Phi) is 9.25. The Morgan fingerprint density at radius 2 is 1.92 bits per heavy atom. The largest absolute Gasteiger partial charge is 0.382 e. The Morgan fingerprint density at radius 3 is 2.46 bits per heavy atom. The van der Waals surface area contributed by atoms with Crippen molar-refractivity contribution in [3.05, 3.63) is 41.1 Å². The molecule has 5 nitrogen and oxygen atoms in total. The summed E-state index contributed by atoms with van der Waals surface area (Å²) in [5.41, 5.74) is 3.39. The second-order valence-corrected chi connectivity index (χ2v) is 5.28. The first-order chi connectivity index (χ1) is 11.7. The first kappa shape index (κ1) is 19.7. The lowest BCUT2D eigenvalue weighted by Gasteiger charge is -2.13. The van der Waals surface area contributed by atoms with E-state index in [9.17, 15) is 10.1 Å². The lowest BCUT2D eigenvalue weighted by Crippen LogP contribution is -2.26. The molecule has 1 amide bonds. The number of hydrogen-bond acceptors (Lipinski definition) is 4. The van der Waals surface area contributed by atoms with Crippen molar-refractivity contribution in [2.24, 2.45) is 0 Å². The number of amides is 1. The molecule has 0 aliphatic heterocycles. The number of anilines is 1. The third-order valence-electron chi connectivity index (χ3n) is 3.68. The Hall–Kier alpha value is -2.32. The molecule has 0 radical (unpaired) electrons. The van der Waals surface area contributed by atoms with Gasteiger partial charge in [-0.05, 0) is 37.3 Å². The van der Waals surface area contributed by atoms with E-state index in [1.165, 1.54) is 17.3 Å². The molecule has 0 fully saturated rings. The molecule has 0 aliphatic rings. The number of para-hydroxylation sites is 1. The van der Waals surface area contributed by atoms with E-state index in [1.54, 1.807) is 0 Å². The average molecular weight is 329 g/mol. The summed E-state index contributed by atoms with van der Waals surface area (Å²) in [5, 5.41) is 15.1. The summed E-state index contributed by atoms with van der Waals surface area (Å²) in [6.45, 7) is 7.85. The molecule has 1 aromatic carbocycles. The van der Waals surface area contributed by atoms with Crippen molar-refractivity contribution in [2.45, 2.75) is 40.0 Å². The number of aryl methyl sites for hydroxylation is 2. The third kappa shape index (κ3) is 6.05. The van der Waals surface area contributed by atoms with Gasteiger partial charge in [-0.15, -0.1) is 0 Å². The predicted octanol–water partition coefficient (Wildman–Crippen LogP) is 3.17. The van der Waals surface area contributed by atoms with Crippen molar-refractivity contribution < 1.29 is 9.53 Å². The molecule has 0 bridgehead atoms. The molecule has 0 atom stereocenters. The van der Waals surface area contributed by atoms with Crippen LogP contribution in [-0.4, -0.2) is 25.7 Å². The van der Waals surface area contributed by atoms with E-state index in [1.807, 2.05) is 19.1 Å². The van der Waals surface area contributed by atoms with Gasteiger partial charge >= 0.3 is 0 Å². The van der Waals surface area contributed by atoms with Crippen LogP contribution >= 0.6 is 0 Å². The number of nitrogens with zero attached hydrogens (tertiary/aromatic N) is 1. The van der Waals surface area contributed by atoms with Crippen molar-refractivity contribution in [3.63, 3.8) is 0 Å². The fraction of sp³-hybridized carbons (Fsp3) is 0.474. The molecule has 130 valence electrons. The molecule has 0 aromatic heterocycles. The Balaban J connectivity index is 2.73. The topological polar surface area (TPSA) is 74.1 Å². The zero-order valence-corrected chi connectivity index (χ0v) is 14.8. The zero-order chi connectivity index (χ0) is 17.8. The van der Waals surface area contributed by atoms with Crippen LogP contribution < -0.4 is 10.6 Å². The summed E-state index contributed by atoms with van der Waals surface area (Å²) in [6.07, 6.45) is 3.99. The summed E-state index contributed by atoms with van der Waals surface area (Å²) < 4.78 is 5.22. The molecule has 1 aromatic rings. The van der Waals surface area contributed by atoms with Gasteiger partial charge in [0.15, 0.2) is 0 Å². The van der Waals surface area contributed by atoms with Gasteiger partial charge in [-0.1, -0.05) is 32.0 Å². The van der Waals surface area contributed by atoms with Crippen LogP contribution in [0, 0.1) is 11.3 Å². The summed E-state index contributed by atoms with van der Waals surface area (Å²) in [4.78, 5) is 12.1. The maximum atomic E-state index is 12.1. The minimum Gasteiger partial charge on any atom is -0.382 e. The standard InChI is InChI=1S/C19H27N3O2/c1-4-15-9-7-10-16(5-2)18(15)22-14-17(13-20)19(23)21-11-8-12-24-6-3/h7,9-10,14,22H,4-6,8,11-12H2,1-3H3,(H,21,23)/b17-14-. The smallest absolute Gasteiger partial charge is 0.263 e. The first-order valence-electron chi connectivity index (χ1n) is 8.51. The Labute approximate surface area is 144 Å². The highest BCUT2D eigenvalue weighted by molar-refractivity contribution is 5.97. The van der Waals surface area contributed by atoms with Gasteiger partial charge in [0.1, 0.15) is 11.6 Å². The fourth-order valence-corrected chi connectivity index (χ4v) is 2.34. The molecular weight excluding hydrogens is 302 g/mol. The van der Waals surface area contributed by atoms with Gasteiger partial charge in [0.05, 0.1) is 0 Å². The molecule has 0 heterocycles. The highest BCUT2D eigenvalue weighted by Crippen LogP contribution is 2.22. The third-order valence-corrected chi connectivity index (χ3v) is 3.68. The first-order valence-corrected chi connectivity index (χ1v) is 8.51. The average Bonchev–Trinajstić information content (AvgIpc) is 2.61. The minimum absolute atomic E-state index is 0.0689. The van der Waals surface area contributed by atoms with Gasteiger partial charge < -0.3 is 15.4 Å². The van der Waals surface area contributed by atoms with Gasteiger partial charge in [-0.25, -0.2) is 0 Å². The minimum atomic E-state index is -0.367. The molecular formula is C19H27N3O2. The predicted molar refractivity (Wildman–Crippen MR) is 96.6 cm³/mol. The molecule has 2 N–H and O–H groups in total. The highest BCUT2D eigenvalue weighted by Gasteiger charge is 2.10. The molecule has 24 heavy (non-hydrogen) atoms. The number of nitriles is 1. The number of benzene rings is 1. The van der Waals surface area contributed by atoms with Crippen LogP contribution in [0.2, 0.25) is 0 Å². The lowest BCUT2D eigenvalue weighted by atomic mass is 10.0. The number of carbonyl (C=O) groups is 1. The highest BCUT2D eigenvalue weighted by atomic mass is 16.5. The van der Waals surface area contributed by atoms with E-state index < -0.39 is 0 Å². The van der Waals surface area contributed by atoms with Crippen LogP contribution in [0.3, 0.4) is 0 Å². The summed E-state index contributed by atoms with van der Waals surface area (Å²) >= 11 is 0. The summed E-state index contributed by atoms with van der Waals surface area (Å²) in [5.74, 6) is -0.367. The summed E-state index contributed by atoms with van der Waals surface area (Å²) in [7, 11) is 0. The Bertz CT molecular complexity index is 581. The monoisotopic (exact) mass is 329 g/mol. The van der Waals surface area contributed by atoms with Crippen LogP contribution in [0.4, 0.5) is 5.69 Å². The number of rotatable bonds is 10. The van der Waals surface area contributed by atoms with E-state index in [0.29, 0.717) is 19.8 Å². The summed E-state index contributed by atoms with van der Waals surface area (Å²) in [6, 6.07) is 8.09. The number of hydrogen-bond donors (Lipinski definition) is 2. The second kappa shape index (κ2) is 11.3. The van der Waals surface area contributed by atoms with Crippen LogP contribution in [-0.2, 0) is 22.4 Å². The van der Waals surface area contributed by atoms with E-state index in [0.717, 1.165) is 24.9 Å². The maximum Gasteiger partial charge on any atom is 0.263 e. The fourth-order valence-electron chi connectivity index (χ4n) is 2.34. The van der Waals surface area contributed by atoms with Crippen LogP contribution in [0.25, 0.3) is 0 Å². The molecule has 1 rings (SSSR count). The lowest BCUT2D eigenvalue weighted by molar-refractivity contribution is -0.117. The normalized spacial score (nSPS) is 11.0. The molecule has 0 unspecified atom stereocenters. The zero-order valence-electron chi connectivity index (χ0n) is 14.8.